The van der Waals surface area contributed by atoms with Crippen molar-refractivity contribution in [2.75, 3.05) is 10.0 Å². The Morgan fingerprint density at radius 1 is 0.500 bits per heavy atom. The second-order valence-electron chi connectivity index (χ2n) is 9.38. The van der Waals surface area contributed by atoms with Crippen molar-refractivity contribution in [2.45, 2.75) is 12.1 Å². The zero-order chi connectivity index (χ0) is 25.3. The number of rotatable bonds is 6. The molecule has 2 N–H and O–H groups in total. The number of hydrogen-bond acceptors (Lipinski definition) is 6. The fourth-order valence-electron chi connectivity index (χ4n) is 5.09. The third-order valence-electron chi connectivity index (χ3n) is 7.03. The fourth-order valence-corrected chi connectivity index (χ4v) is 6.47. The molecule has 0 bridgehead atoms. The molecule has 4 heterocycles. The standard InChI is InChI=1S/C32H26N4S2/c1-3-7-27(8-4-1)35-31(25-15-17-37-21-25)19-29(33-35)23-11-13-24(14-12-23)30-20-32(26-16-18-38-22-26)36(34-30)28-9-5-2-6-10-28/h1-22,31-34H. The van der Waals surface area contributed by atoms with Gasteiger partial charge in [0.1, 0.15) is 0 Å². The van der Waals surface area contributed by atoms with Gasteiger partial charge in [-0.2, -0.15) is 22.7 Å². The molecule has 0 aliphatic carbocycles. The predicted molar refractivity (Wildman–Crippen MR) is 161 cm³/mol. The Labute approximate surface area is 230 Å². The fraction of sp³-hybridized carbons (Fsp3) is 0.0625. The molecule has 3 aromatic carbocycles. The molecule has 0 saturated carbocycles. The number of nitrogens with zero attached hydrogens (tertiary/aromatic N) is 2. The monoisotopic (exact) mass is 530 g/mol. The molecule has 7 rings (SSSR count). The van der Waals surface area contributed by atoms with E-state index in [2.05, 4.69) is 152 Å². The molecule has 38 heavy (non-hydrogen) atoms. The molecule has 2 aliphatic heterocycles. The van der Waals surface area contributed by atoms with Crippen LogP contribution in [-0.2, 0) is 0 Å². The summed E-state index contributed by atoms with van der Waals surface area (Å²) in [6.07, 6.45) is 4.64. The number of thiophene rings is 2. The lowest BCUT2D eigenvalue weighted by Gasteiger charge is -2.27. The highest BCUT2D eigenvalue weighted by atomic mass is 32.1. The van der Waals surface area contributed by atoms with Gasteiger partial charge in [-0.3, -0.25) is 20.9 Å². The van der Waals surface area contributed by atoms with Crippen LogP contribution in [0.25, 0.3) is 11.4 Å². The second kappa shape index (κ2) is 9.89. The molecular weight excluding hydrogens is 505 g/mol. The highest BCUT2D eigenvalue weighted by molar-refractivity contribution is 7.08. The van der Waals surface area contributed by atoms with Gasteiger partial charge in [-0.1, -0.05) is 60.7 Å². The zero-order valence-electron chi connectivity index (χ0n) is 20.6. The number of para-hydroxylation sites is 2. The van der Waals surface area contributed by atoms with Crippen molar-refractivity contribution in [3.63, 3.8) is 0 Å². The van der Waals surface area contributed by atoms with Crippen LogP contribution < -0.4 is 20.9 Å². The van der Waals surface area contributed by atoms with Crippen LogP contribution in [0.3, 0.4) is 0 Å². The van der Waals surface area contributed by atoms with Gasteiger partial charge in [-0.05, 0) is 92.3 Å². The predicted octanol–water partition coefficient (Wildman–Crippen LogP) is 8.02. The number of benzene rings is 3. The second-order valence-corrected chi connectivity index (χ2v) is 10.9. The van der Waals surface area contributed by atoms with Crippen molar-refractivity contribution in [2.24, 2.45) is 0 Å². The molecule has 0 saturated heterocycles. The van der Waals surface area contributed by atoms with Crippen LogP contribution in [0, 0.1) is 0 Å². The molecule has 0 fully saturated rings. The summed E-state index contributed by atoms with van der Waals surface area (Å²) in [5, 5.41) is 13.2. The Balaban J connectivity index is 1.17. The summed E-state index contributed by atoms with van der Waals surface area (Å²) in [6.45, 7) is 0. The van der Waals surface area contributed by atoms with Crippen LogP contribution in [0.1, 0.15) is 34.3 Å². The zero-order valence-corrected chi connectivity index (χ0v) is 22.2. The van der Waals surface area contributed by atoms with Gasteiger partial charge in [0.25, 0.3) is 0 Å². The van der Waals surface area contributed by atoms with Gasteiger partial charge in [-0.25, -0.2) is 0 Å². The van der Waals surface area contributed by atoms with E-state index in [0.29, 0.717) is 0 Å². The largest absolute Gasteiger partial charge is 0.297 e. The Bertz CT molecular complexity index is 1440. The summed E-state index contributed by atoms with van der Waals surface area (Å²) in [4.78, 5) is 0. The van der Waals surface area contributed by atoms with Crippen LogP contribution in [0.15, 0.2) is 131 Å². The molecule has 0 radical (unpaired) electrons. The lowest BCUT2D eigenvalue weighted by molar-refractivity contribution is 0.725. The smallest absolute Gasteiger partial charge is 0.0966 e. The molecule has 2 unspecified atom stereocenters. The minimum atomic E-state index is 0.142. The van der Waals surface area contributed by atoms with Gasteiger partial charge < -0.3 is 0 Å². The Hall–Kier alpha value is -4.26. The average Bonchev–Trinajstić information content (AvgIpc) is 3.80. The summed E-state index contributed by atoms with van der Waals surface area (Å²) in [7, 11) is 0. The SMILES string of the molecule is C1=C(c2ccc(C3=CC(c4ccsc4)N(c4ccccc4)N3)cc2)NN(c2ccccc2)C1c1ccsc1. The van der Waals surface area contributed by atoms with Crippen LogP contribution >= 0.6 is 22.7 Å². The molecule has 4 nitrogen and oxygen atoms in total. The first kappa shape index (κ1) is 22.9. The van der Waals surface area contributed by atoms with Crippen molar-refractivity contribution in [3.8, 4) is 0 Å². The van der Waals surface area contributed by atoms with Crippen molar-refractivity contribution >= 4 is 45.4 Å². The third-order valence-corrected chi connectivity index (χ3v) is 8.44. The number of hydrogen-bond donors (Lipinski definition) is 2. The van der Waals surface area contributed by atoms with E-state index in [1.165, 1.54) is 22.3 Å². The van der Waals surface area contributed by atoms with Crippen molar-refractivity contribution in [1.29, 1.82) is 0 Å². The first-order chi connectivity index (χ1) is 18.8. The normalized spacial score (nSPS) is 18.6. The van der Waals surface area contributed by atoms with Gasteiger partial charge in [0.15, 0.2) is 0 Å². The van der Waals surface area contributed by atoms with E-state index in [0.717, 1.165) is 22.8 Å². The molecule has 5 aromatic rings. The van der Waals surface area contributed by atoms with Crippen LogP contribution in [0.4, 0.5) is 11.4 Å². The molecule has 2 aliphatic rings. The van der Waals surface area contributed by atoms with Crippen LogP contribution in [0.2, 0.25) is 0 Å². The summed E-state index contributed by atoms with van der Waals surface area (Å²) >= 11 is 3.47. The molecular formula is C32H26N4S2. The quantitative estimate of drug-likeness (QED) is 0.233. The molecule has 186 valence electrons. The summed E-state index contributed by atoms with van der Waals surface area (Å²) in [5.74, 6) is 0. The summed E-state index contributed by atoms with van der Waals surface area (Å²) in [6, 6.07) is 34.6. The van der Waals surface area contributed by atoms with Gasteiger partial charge in [0, 0.05) is 0 Å². The van der Waals surface area contributed by atoms with Crippen LogP contribution in [-0.4, -0.2) is 0 Å². The number of hydrazine groups is 2. The maximum absolute atomic E-state index is 3.67. The molecule has 2 aromatic heterocycles. The van der Waals surface area contributed by atoms with Gasteiger partial charge in [0.2, 0.25) is 0 Å². The Kier molecular flexibility index (Phi) is 5.96. The minimum Gasteiger partial charge on any atom is -0.297 e. The molecule has 0 spiro atoms. The Morgan fingerprint density at radius 3 is 1.29 bits per heavy atom. The third kappa shape index (κ3) is 4.28. The highest BCUT2D eigenvalue weighted by Crippen LogP contribution is 2.38. The maximum atomic E-state index is 3.67. The topological polar surface area (TPSA) is 30.5 Å². The molecule has 6 heteroatoms. The van der Waals surface area contributed by atoms with E-state index in [-0.39, 0.29) is 12.1 Å². The van der Waals surface area contributed by atoms with E-state index >= 15 is 0 Å². The lowest BCUT2D eigenvalue weighted by Crippen LogP contribution is -2.34. The molecule has 2 atom stereocenters. The first-order valence-corrected chi connectivity index (χ1v) is 14.5. The van der Waals surface area contributed by atoms with Gasteiger partial charge >= 0.3 is 0 Å². The van der Waals surface area contributed by atoms with Crippen LogP contribution in [0.5, 0.6) is 0 Å². The lowest BCUT2D eigenvalue weighted by atomic mass is 10.0. The summed E-state index contributed by atoms with van der Waals surface area (Å²) in [5.41, 5.74) is 16.8. The van der Waals surface area contributed by atoms with Gasteiger partial charge in [0.05, 0.1) is 34.9 Å². The molecule has 0 amide bonds. The summed E-state index contributed by atoms with van der Waals surface area (Å²) < 4.78 is 0. The van der Waals surface area contributed by atoms with E-state index in [1.807, 2.05) is 0 Å². The average molecular weight is 531 g/mol. The van der Waals surface area contributed by atoms with E-state index in [1.54, 1.807) is 22.7 Å². The van der Waals surface area contributed by atoms with Crippen molar-refractivity contribution in [1.82, 2.24) is 10.9 Å². The van der Waals surface area contributed by atoms with Crippen molar-refractivity contribution < 1.29 is 0 Å². The first-order valence-electron chi connectivity index (χ1n) is 12.6. The van der Waals surface area contributed by atoms with E-state index in [9.17, 15) is 0 Å². The number of anilines is 2. The number of nitrogens with one attached hydrogen (secondary N) is 2. The Morgan fingerprint density at radius 2 is 0.921 bits per heavy atom. The van der Waals surface area contributed by atoms with E-state index < -0.39 is 0 Å². The van der Waals surface area contributed by atoms with Crippen molar-refractivity contribution in [3.05, 3.63) is 153 Å². The van der Waals surface area contributed by atoms with E-state index in [4.69, 9.17) is 0 Å². The van der Waals surface area contributed by atoms with Gasteiger partial charge in [-0.15, -0.1) is 0 Å². The minimum absolute atomic E-state index is 0.142. The maximum Gasteiger partial charge on any atom is 0.0966 e. The highest BCUT2D eigenvalue weighted by Gasteiger charge is 2.29.